The van der Waals surface area contributed by atoms with Crippen molar-refractivity contribution in [3.63, 3.8) is 0 Å². The molecule has 2 unspecified atom stereocenters. The zero-order valence-electron chi connectivity index (χ0n) is 19.2. The van der Waals surface area contributed by atoms with Crippen molar-refractivity contribution in [1.82, 2.24) is 14.7 Å². The molecule has 38 heavy (non-hydrogen) atoms. The molecule has 10 nitrogen and oxygen atoms in total. The van der Waals surface area contributed by atoms with E-state index in [2.05, 4.69) is 19.4 Å². The Hall–Kier alpha value is -3.00. The third-order valence-corrected chi connectivity index (χ3v) is 8.37. The van der Waals surface area contributed by atoms with Gasteiger partial charge < -0.3 is 15.2 Å². The van der Waals surface area contributed by atoms with Crippen molar-refractivity contribution in [3.05, 3.63) is 81.1 Å². The van der Waals surface area contributed by atoms with Crippen LogP contribution in [0.1, 0.15) is 22.0 Å². The van der Waals surface area contributed by atoms with E-state index in [4.69, 9.17) is 39.5 Å². The molecule has 4 aromatic rings. The van der Waals surface area contributed by atoms with Crippen molar-refractivity contribution < 1.29 is 27.9 Å². The Morgan fingerprint density at radius 1 is 1.08 bits per heavy atom. The Morgan fingerprint density at radius 3 is 2.55 bits per heavy atom. The number of carbonyl (C=O) groups is 2. The summed E-state index contributed by atoms with van der Waals surface area (Å²) in [6.07, 6.45) is 1.12. The quantitative estimate of drug-likeness (QED) is 0.246. The second-order valence-electron chi connectivity index (χ2n) is 7.74. The summed E-state index contributed by atoms with van der Waals surface area (Å²) >= 11 is 19.1. The van der Waals surface area contributed by atoms with Gasteiger partial charge in [-0.1, -0.05) is 40.9 Å². The largest absolute Gasteiger partial charge is 0.467 e. The first-order valence-electron chi connectivity index (χ1n) is 10.6. The van der Waals surface area contributed by atoms with Gasteiger partial charge in [0.25, 0.3) is 15.9 Å². The number of ether oxygens (including phenoxy) is 1. The first kappa shape index (κ1) is 28.0. The Morgan fingerprint density at radius 2 is 1.84 bits per heavy atom. The molecule has 2 aromatic heterocycles. The molecule has 2 aromatic carbocycles. The summed E-state index contributed by atoms with van der Waals surface area (Å²) in [5.74, 6) is -1.87. The van der Waals surface area contributed by atoms with Crippen LogP contribution in [0.5, 0.6) is 0 Å². The minimum Gasteiger partial charge on any atom is -0.467 e. The predicted octanol–water partition coefficient (Wildman–Crippen LogP) is 4.46. The van der Waals surface area contributed by atoms with Crippen LogP contribution in [0.4, 0.5) is 5.69 Å². The predicted molar refractivity (Wildman–Crippen MR) is 144 cm³/mol. The average molecular weight is 616 g/mol. The highest BCUT2D eigenvalue weighted by atomic mass is 35.5. The number of aliphatic hydroxyl groups excluding tert-OH is 1. The summed E-state index contributed by atoms with van der Waals surface area (Å²) in [4.78, 5) is 29.7. The number of rotatable bonds is 8. The molecule has 0 bridgehead atoms. The molecule has 0 spiro atoms. The fourth-order valence-corrected chi connectivity index (χ4v) is 5.87. The van der Waals surface area contributed by atoms with Gasteiger partial charge in [0.15, 0.2) is 11.1 Å². The summed E-state index contributed by atoms with van der Waals surface area (Å²) in [6, 6.07) is 8.06. The topological polar surface area (TPSA) is 148 Å². The van der Waals surface area contributed by atoms with Crippen LogP contribution >= 0.6 is 46.3 Å². The lowest BCUT2D eigenvalue weighted by molar-refractivity contribution is -0.146. The first-order chi connectivity index (χ1) is 18.0. The number of aromatic nitrogens is 2. The minimum absolute atomic E-state index is 0.122. The van der Waals surface area contributed by atoms with E-state index in [1.54, 1.807) is 6.07 Å². The van der Waals surface area contributed by atoms with Crippen molar-refractivity contribution in [2.75, 3.05) is 11.8 Å². The maximum atomic E-state index is 13.3. The molecular formula is C23H17Cl3N4O6S2. The maximum absolute atomic E-state index is 13.3. The van der Waals surface area contributed by atoms with Crippen LogP contribution < -0.4 is 10.0 Å². The van der Waals surface area contributed by atoms with Gasteiger partial charge in [0.2, 0.25) is 0 Å². The standard InChI is InChI=1S/C23H17Cl3N4O6S2/c1-36-23(33)19(20(31)11-2-5-15(25)16(26)8-11)29-21(32)13-4-3-12(24)9-17(13)30-38(34,35)22-14-10-28-37-18(14)6-7-27-22/h2-10,19-20,30-31H,1H3,(H,29,32). The van der Waals surface area contributed by atoms with E-state index in [9.17, 15) is 23.1 Å². The maximum Gasteiger partial charge on any atom is 0.331 e. The SMILES string of the molecule is COC(=O)C(NC(=O)c1ccc(Cl)cc1NS(=O)(=O)c1nccc2sncc12)C(O)c1ccc(Cl)c(Cl)c1. The van der Waals surface area contributed by atoms with Crippen molar-refractivity contribution in [1.29, 1.82) is 0 Å². The molecular weight excluding hydrogens is 599 g/mol. The lowest BCUT2D eigenvalue weighted by Crippen LogP contribution is -2.45. The first-order valence-corrected chi connectivity index (χ1v) is 13.9. The Balaban J connectivity index is 1.67. The van der Waals surface area contributed by atoms with E-state index >= 15 is 0 Å². The third kappa shape index (κ3) is 5.85. The number of pyridine rings is 1. The van der Waals surface area contributed by atoms with Crippen LogP contribution in [0.2, 0.25) is 15.1 Å². The van der Waals surface area contributed by atoms with Gasteiger partial charge in [0.05, 0.1) is 44.7 Å². The number of hydrogen-bond donors (Lipinski definition) is 3. The van der Waals surface area contributed by atoms with Gasteiger partial charge in [-0.15, -0.1) is 0 Å². The molecule has 15 heteroatoms. The summed E-state index contributed by atoms with van der Waals surface area (Å²) in [5.41, 5.74) is -0.204. The normalized spacial score (nSPS) is 13.1. The van der Waals surface area contributed by atoms with E-state index in [-0.39, 0.29) is 36.9 Å². The van der Waals surface area contributed by atoms with Crippen molar-refractivity contribution in [2.24, 2.45) is 0 Å². The summed E-state index contributed by atoms with van der Waals surface area (Å²) < 4.78 is 38.1. The minimum atomic E-state index is -4.30. The molecule has 0 radical (unpaired) electrons. The number of hydrogen-bond acceptors (Lipinski definition) is 9. The number of esters is 1. The van der Waals surface area contributed by atoms with Gasteiger partial charge in [0, 0.05) is 11.2 Å². The lowest BCUT2D eigenvalue weighted by atomic mass is 10.0. The van der Waals surface area contributed by atoms with Crippen LogP contribution in [0, 0.1) is 0 Å². The van der Waals surface area contributed by atoms with E-state index in [1.165, 1.54) is 48.8 Å². The number of amides is 1. The Bertz CT molecular complexity index is 1650. The zero-order valence-corrected chi connectivity index (χ0v) is 23.1. The molecule has 0 aliphatic heterocycles. The Labute approximate surface area is 235 Å². The summed E-state index contributed by atoms with van der Waals surface area (Å²) in [5, 5.41) is 13.7. The van der Waals surface area contributed by atoms with Gasteiger partial charge in [-0.25, -0.2) is 9.78 Å². The van der Waals surface area contributed by atoms with Gasteiger partial charge in [-0.3, -0.25) is 9.52 Å². The molecule has 198 valence electrons. The monoisotopic (exact) mass is 614 g/mol. The van der Waals surface area contributed by atoms with Crippen molar-refractivity contribution in [3.8, 4) is 0 Å². The molecule has 3 N–H and O–H groups in total. The fraction of sp³-hybridized carbons (Fsp3) is 0.130. The number of nitrogens with zero attached hydrogens (tertiary/aromatic N) is 2. The number of aliphatic hydroxyl groups is 1. The smallest absolute Gasteiger partial charge is 0.331 e. The van der Waals surface area contributed by atoms with E-state index in [0.29, 0.717) is 10.1 Å². The number of sulfonamides is 1. The number of benzene rings is 2. The van der Waals surface area contributed by atoms with Crippen LogP contribution in [-0.2, 0) is 19.6 Å². The highest BCUT2D eigenvalue weighted by Crippen LogP contribution is 2.30. The molecule has 2 atom stereocenters. The molecule has 0 fully saturated rings. The average Bonchev–Trinajstić information content (AvgIpc) is 3.36. The van der Waals surface area contributed by atoms with Gasteiger partial charge in [-0.05, 0) is 53.5 Å². The summed E-state index contributed by atoms with van der Waals surface area (Å²) in [7, 11) is -3.22. The second-order valence-corrected chi connectivity index (χ2v) is 11.4. The van der Waals surface area contributed by atoms with E-state index in [1.807, 2.05) is 0 Å². The van der Waals surface area contributed by atoms with Gasteiger partial charge in [-0.2, -0.15) is 12.8 Å². The van der Waals surface area contributed by atoms with Crippen LogP contribution in [0.3, 0.4) is 0 Å². The van der Waals surface area contributed by atoms with Crippen molar-refractivity contribution in [2.45, 2.75) is 17.2 Å². The highest BCUT2D eigenvalue weighted by molar-refractivity contribution is 7.92. The van der Waals surface area contributed by atoms with Crippen LogP contribution in [0.25, 0.3) is 10.1 Å². The number of fused-ring (bicyclic) bond motifs is 1. The Kier molecular flexibility index (Phi) is 8.40. The van der Waals surface area contributed by atoms with E-state index < -0.39 is 34.0 Å². The highest BCUT2D eigenvalue weighted by Gasteiger charge is 2.32. The molecule has 1 amide bonds. The number of halogens is 3. The molecule has 0 saturated carbocycles. The summed E-state index contributed by atoms with van der Waals surface area (Å²) in [6.45, 7) is 0. The molecule has 4 rings (SSSR count). The fourth-order valence-electron chi connectivity index (χ4n) is 3.48. The van der Waals surface area contributed by atoms with Gasteiger partial charge >= 0.3 is 5.97 Å². The second kappa shape index (κ2) is 11.4. The number of carbonyl (C=O) groups excluding carboxylic acids is 2. The van der Waals surface area contributed by atoms with Crippen molar-refractivity contribution >= 4 is 84.0 Å². The molecule has 0 saturated heterocycles. The van der Waals surface area contributed by atoms with Crippen LogP contribution in [0.15, 0.2) is 59.9 Å². The third-order valence-electron chi connectivity index (χ3n) is 5.31. The molecule has 2 heterocycles. The molecule has 0 aliphatic rings. The van der Waals surface area contributed by atoms with Crippen LogP contribution in [-0.4, -0.2) is 47.9 Å². The van der Waals surface area contributed by atoms with E-state index in [0.717, 1.165) is 18.6 Å². The number of anilines is 1. The number of nitrogens with one attached hydrogen (secondary N) is 2. The zero-order chi connectivity index (χ0) is 27.6. The lowest BCUT2D eigenvalue weighted by Gasteiger charge is -2.23. The number of methoxy groups -OCH3 is 1. The molecule has 0 aliphatic carbocycles. The van der Waals surface area contributed by atoms with Gasteiger partial charge in [0.1, 0.15) is 6.10 Å².